The Hall–Kier alpha value is -1.39. The summed E-state index contributed by atoms with van der Waals surface area (Å²) in [6.07, 6.45) is 5.00. The highest BCUT2D eigenvalue weighted by atomic mass is 16.3. The fourth-order valence-corrected chi connectivity index (χ4v) is 5.08. The quantitative estimate of drug-likeness (QED) is 0.876. The van der Waals surface area contributed by atoms with Crippen LogP contribution in [0, 0.1) is 6.92 Å². The molecule has 2 aliphatic rings. The Morgan fingerprint density at radius 2 is 2.00 bits per heavy atom. The van der Waals surface area contributed by atoms with Crippen molar-refractivity contribution in [2.75, 3.05) is 20.6 Å². The molecule has 0 radical (unpaired) electrons. The number of carbonyl (C=O) groups excluding carboxylic acids is 1. The van der Waals surface area contributed by atoms with E-state index in [1.807, 2.05) is 18.2 Å². The van der Waals surface area contributed by atoms with E-state index in [4.69, 9.17) is 0 Å². The lowest BCUT2D eigenvalue weighted by atomic mass is 9.53. The van der Waals surface area contributed by atoms with E-state index in [0.717, 1.165) is 38.6 Å². The van der Waals surface area contributed by atoms with Crippen LogP contribution in [0.4, 0.5) is 0 Å². The molecular formula is C20H30N2O2. The van der Waals surface area contributed by atoms with Crippen molar-refractivity contribution >= 4 is 5.91 Å². The number of nitrogens with zero attached hydrogens (tertiary/aromatic N) is 1. The maximum absolute atomic E-state index is 12.1. The van der Waals surface area contributed by atoms with Gasteiger partial charge in [-0.3, -0.25) is 4.79 Å². The first kappa shape index (κ1) is 17.4. The molecule has 1 aliphatic heterocycles. The van der Waals surface area contributed by atoms with Gasteiger partial charge in [-0.1, -0.05) is 18.9 Å². The molecule has 1 aliphatic carbocycles. The van der Waals surface area contributed by atoms with E-state index in [-0.39, 0.29) is 17.4 Å². The van der Waals surface area contributed by atoms with Gasteiger partial charge in [-0.15, -0.1) is 0 Å². The van der Waals surface area contributed by atoms with Crippen molar-refractivity contribution in [3.8, 4) is 0 Å². The van der Waals surface area contributed by atoms with E-state index in [1.54, 1.807) is 7.05 Å². The maximum atomic E-state index is 12.1. The first-order chi connectivity index (χ1) is 11.4. The van der Waals surface area contributed by atoms with Crippen LogP contribution in [0.3, 0.4) is 0 Å². The van der Waals surface area contributed by atoms with Crippen molar-refractivity contribution in [1.82, 2.24) is 10.2 Å². The molecule has 1 aromatic carbocycles. The number of nitrogens with one attached hydrogen (secondary N) is 1. The minimum Gasteiger partial charge on any atom is -0.387 e. The van der Waals surface area contributed by atoms with Gasteiger partial charge < -0.3 is 15.3 Å². The number of fused-ring (bicyclic) bond motifs is 1. The molecule has 24 heavy (non-hydrogen) atoms. The number of aliphatic hydroxyl groups is 1. The normalized spacial score (nSPS) is 33.8. The number of likely N-dealkylation sites (tertiary alicyclic amines) is 1. The lowest BCUT2D eigenvalue weighted by molar-refractivity contribution is -0.148. The van der Waals surface area contributed by atoms with E-state index < -0.39 is 5.60 Å². The van der Waals surface area contributed by atoms with Crippen molar-refractivity contribution < 1.29 is 9.90 Å². The molecule has 0 spiro atoms. The van der Waals surface area contributed by atoms with E-state index in [9.17, 15) is 9.90 Å². The first-order valence-electron chi connectivity index (χ1n) is 9.11. The lowest BCUT2D eigenvalue weighted by Crippen LogP contribution is -2.68. The zero-order valence-electron chi connectivity index (χ0n) is 15.4. The largest absolute Gasteiger partial charge is 0.387 e. The van der Waals surface area contributed by atoms with Crippen LogP contribution in [0.25, 0.3) is 0 Å². The second-order valence-electron chi connectivity index (χ2n) is 7.73. The van der Waals surface area contributed by atoms with Gasteiger partial charge in [0.05, 0.1) is 5.60 Å². The molecule has 0 aromatic heterocycles. The fraction of sp³-hybridized carbons (Fsp3) is 0.650. The van der Waals surface area contributed by atoms with Crippen molar-refractivity contribution in [2.45, 2.75) is 63.0 Å². The van der Waals surface area contributed by atoms with Crippen molar-refractivity contribution in [1.29, 1.82) is 0 Å². The van der Waals surface area contributed by atoms with Gasteiger partial charge in [0, 0.05) is 24.1 Å². The van der Waals surface area contributed by atoms with E-state index in [1.165, 1.54) is 11.1 Å². The minimum absolute atomic E-state index is 0.0621. The van der Waals surface area contributed by atoms with Gasteiger partial charge in [0.15, 0.2) is 0 Å². The maximum Gasteiger partial charge on any atom is 0.251 e. The van der Waals surface area contributed by atoms with E-state index in [0.29, 0.717) is 5.56 Å². The van der Waals surface area contributed by atoms with Crippen LogP contribution in [0.2, 0.25) is 0 Å². The summed E-state index contributed by atoms with van der Waals surface area (Å²) >= 11 is 0. The number of hydrogen-bond acceptors (Lipinski definition) is 3. The zero-order chi connectivity index (χ0) is 17.5. The second-order valence-corrected chi connectivity index (χ2v) is 7.73. The highest BCUT2D eigenvalue weighted by molar-refractivity contribution is 5.94. The number of aryl methyl sites for hydroxylation is 1. The molecule has 1 amide bonds. The molecule has 4 heteroatoms. The van der Waals surface area contributed by atoms with Gasteiger partial charge in [0.1, 0.15) is 0 Å². The number of likely N-dealkylation sites (N-methyl/N-ethyl adjacent to an activating group) is 1. The van der Waals surface area contributed by atoms with Crippen LogP contribution < -0.4 is 5.32 Å². The lowest BCUT2D eigenvalue weighted by Gasteiger charge is -2.60. The Kier molecular flexibility index (Phi) is 4.47. The standard InChI is InChI=1S/C20H30N2O2/c1-14-7-8-16(18(23)21-3)13-17(14)19-9-5-6-10-20(19,24)15(2)22(4)12-11-19/h7-8,13,15,24H,5-6,9-12H2,1-4H3,(H,21,23)/t15?,19-,20?/m0/s1. The van der Waals surface area contributed by atoms with E-state index >= 15 is 0 Å². The van der Waals surface area contributed by atoms with Gasteiger partial charge in [-0.25, -0.2) is 0 Å². The van der Waals surface area contributed by atoms with Gasteiger partial charge in [-0.2, -0.15) is 0 Å². The Labute approximate surface area is 145 Å². The average molecular weight is 330 g/mol. The van der Waals surface area contributed by atoms with Crippen molar-refractivity contribution in [3.05, 3.63) is 34.9 Å². The molecule has 1 aromatic rings. The summed E-state index contributed by atoms with van der Waals surface area (Å²) in [5.74, 6) is -0.0621. The summed E-state index contributed by atoms with van der Waals surface area (Å²) in [4.78, 5) is 14.4. The van der Waals surface area contributed by atoms with Crippen molar-refractivity contribution in [3.63, 3.8) is 0 Å². The first-order valence-corrected chi connectivity index (χ1v) is 9.11. The van der Waals surface area contributed by atoms with Crippen LogP contribution >= 0.6 is 0 Å². The molecule has 132 valence electrons. The monoisotopic (exact) mass is 330 g/mol. The van der Waals surface area contributed by atoms with Crippen molar-refractivity contribution in [2.24, 2.45) is 0 Å². The third kappa shape index (κ3) is 2.39. The SMILES string of the molecule is CNC(=O)c1ccc(C)c([C@@]23CCCCC2(O)C(C)N(C)CC3)c1. The van der Waals surface area contributed by atoms with Gasteiger partial charge in [0.2, 0.25) is 0 Å². The molecule has 1 saturated heterocycles. The van der Waals surface area contributed by atoms with Crippen LogP contribution in [0.5, 0.6) is 0 Å². The average Bonchev–Trinajstić information content (AvgIpc) is 2.59. The Balaban J connectivity index is 2.16. The predicted octanol–water partition coefficient (Wildman–Crippen LogP) is 2.62. The smallest absolute Gasteiger partial charge is 0.251 e. The summed E-state index contributed by atoms with van der Waals surface area (Å²) in [7, 11) is 3.77. The molecule has 4 nitrogen and oxygen atoms in total. The number of amides is 1. The highest BCUT2D eigenvalue weighted by Crippen LogP contribution is 2.54. The molecular weight excluding hydrogens is 300 g/mol. The number of rotatable bonds is 2. The zero-order valence-corrected chi connectivity index (χ0v) is 15.4. The minimum atomic E-state index is -0.732. The Morgan fingerprint density at radius 3 is 2.71 bits per heavy atom. The third-order valence-corrected chi connectivity index (χ3v) is 6.73. The number of carbonyl (C=O) groups is 1. The van der Waals surface area contributed by atoms with Gasteiger partial charge >= 0.3 is 0 Å². The predicted molar refractivity (Wildman–Crippen MR) is 96.4 cm³/mol. The molecule has 2 fully saturated rings. The van der Waals surface area contributed by atoms with Crippen LogP contribution in [-0.4, -0.2) is 48.2 Å². The summed E-state index contributed by atoms with van der Waals surface area (Å²) in [6.45, 7) is 5.24. The molecule has 3 rings (SSSR count). The molecule has 1 saturated carbocycles. The number of hydrogen-bond donors (Lipinski definition) is 2. The molecule has 1 heterocycles. The fourth-order valence-electron chi connectivity index (χ4n) is 5.08. The topological polar surface area (TPSA) is 52.6 Å². The Bertz CT molecular complexity index is 645. The summed E-state index contributed by atoms with van der Waals surface area (Å²) in [5, 5.41) is 14.5. The molecule has 2 N–H and O–H groups in total. The summed E-state index contributed by atoms with van der Waals surface area (Å²) < 4.78 is 0. The Morgan fingerprint density at radius 1 is 1.29 bits per heavy atom. The van der Waals surface area contributed by atoms with E-state index in [2.05, 4.69) is 31.1 Å². The summed E-state index contributed by atoms with van der Waals surface area (Å²) in [6, 6.07) is 6.07. The van der Waals surface area contributed by atoms with Crippen LogP contribution in [0.15, 0.2) is 18.2 Å². The highest BCUT2D eigenvalue weighted by Gasteiger charge is 2.58. The van der Waals surface area contributed by atoms with Crippen LogP contribution in [0.1, 0.15) is 60.5 Å². The molecule has 3 atom stereocenters. The molecule has 2 unspecified atom stereocenters. The number of piperidine rings is 1. The second kappa shape index (κ2) is 6.16. The van der Waals surface area contributed by atoms with Gasteiger partial charge in [-0.05, 0) is 70.0 Å². The third-order valence-electron chi connectivity index (χ3n) is 6.73. The summed E-state index contributed by atoms with van der Waals surface area (Å²) in [5.41, 5.74) is 2.06. The van der Waals surface area contributed by atoms with Crippen LogP contribution in [-0.2, 0) is 5.41 Å². The number of benzene rings is 1. The van der Waals surface area contributed by atoms with Gasteiger partial charge in [0.25, 0.3) is 5.91 Å². The molecule has 0 bridgehead atoms.